The highest BCUT2D eigenvalue weighted by molar-refractivity contribution is 7.99. The van der Waals surface area contributed by atoms with Crippen LogP contribution in [0.15, 0.2) is 34.2 Å². The van der Waals surface area contributed by atoms with Gasteiger partial charge in [-0.05, 0) is 43.7 Å². The van der Waals surface area contributed by atoms with Crippen molar-refractivity contribution >= 4 is 39.3 Å². The lowest BCUT2D eigenvalue weighted by molar-refractivity contribution is -0.133. The number of carboxylic acids is 1. The van der Waals surface area contributed by atoms with Crippen molar-refractivity contribution in [3.63, 3.8) is 0 Å². The first-order valence-corrected chi connectivity index (χ1v) is 10.8. The fraction of sp³-hybridized carbons (Fsp3) is 0.350. The molecular weight excluding hydrogens is 412 g/mol. The molecule has 0 amide bonds. The van der Waals surface area contributed by atoms with E-state index in [0.29, 0.717) is 39.8 Å². The normalized spacial score (nSPS) is 15.3. The number of thiophene rings is 1. The number of hydrogen-bond donors (Lipinski definition) is 1. The van der Waals surface area contributed by atoms with Crippen LogP contribution < -0.4 is 10.3 Å². The summed E-state index contributed by atoms with van der Waals surface area (Å²) in [6, 6.07) is 7.06. The Bertz CT molecular complexity index is 1150. The van der Waals surface area contributed by atoms with Crippen LogP contribution in [0.25, 0.3) is 15.9 Å². The minimum absolute atomic E-state index is 0.185. The molecule has 4 rings (SSSR count). The maximum Gasteiger partial charge on any atom is 0.313 e. The minimum atomic E-state index is -0.966. The number of methoxy groups -OCH3 is 1. The van der Waals surface area contributed by atoms with Gasteiger partial charge < -0.3 is 14.6 Å². The number of nitrogens with zero attached hydrogens (tertiary/aromatic N) is 2. The number of fused-ring (bicyclic) bond motifs is 3. The van der Waals surface area contributed by atoms with Crippen molar-refractivity contribution in [3.05, 3.63) is 45.1 Å². The molecule has 2 aromatic heterocycles. The van der Waals surface area contributed by atoms with Crippen LogP contribution in [0.5, 0.6) is 5.75 Å². The molecule has 0 fully saturated rings. The molecule has 152 valence electrons. The van der Waals surface area contributed by atoms with Crippen LogP contribution in [0.3, 0.4) is 0 Å². The van der Waals surface area contributed by atoms with E-state index in [0.717, 1.165) is 22.2 Å². The number of ether oxygens (including phenoxy) is 2. The van der Waals surface area contributed by atoms with Crippen LogP contribution in [0.2, 0.25) is 0 Å². The summed E-state index contributed by atoms with van der Waals surface area (Å²) in [4.78, 5) is 31.0. The van der Waals surface area contributed by atoms with Crippen LogP contribution in [0.1, 0.15) is 24.3 Å². The fourth-order valence-corrected chi connectivity index (χ4v) is 5.23. The summed E-state index contributed by atoms with van der Waals surface area (Å²) in [5.74, 6) is -0.483. The van der Waals surface area contributed by atoms with Crippen LogP contribution >= 0.6 is 23.1 Å². The molecule has 0 spiro atoms. The number of carbonyl (C=O) groups is 1. The molecule has 0 bridgehead atoms. The number of rotatable bonds is 5. The summed E-state index contributed by atoms with van der Waals surface area (Å²) >= 11 is 2.47. The summed E-state index contributed by atoms with van der Waals surface area (Å²) in [7, 11) is 1.57. The molecule has 1 N–H and O–H groups in total. The molecule has 1 aromatic carbocycles. The van der Waals surface area contributed by atoms with Crippen LogP contribution in [0.4, 0.5) is 0 Å². The third kappa shape index (κ3) is 3.77. The number of aliphatic carboxylic acids is 1. The highest BCUT2D eigenvalue weighted by Crippen LogP contribution is 2.38. The second-order valence-electron chi connectivity index (χ2n) is 7.32. The SMILES string of the molecule is COc1ccc(-n2c(SCC(=O)O)nc3sc4c(c3c2=O)CC(C)(C)OC4)cc1. The number of carboxylic acid groups (broad SMARTS) is 1. The van der Waals surface area contributed by atoms with Crippen molar-refractivity contribution in [1.29, 1.82) is 0 Å². The lowest BCUT2D eigenvalue weighted by Crippen LogP contribution is -2.32. The summed E-state index contributed by atoms with van der Waals surface area (Å²) in [5, 5.41) is 10.1. The second kappa shape index (κ2) is 7.47. The van der Waals surface area contributed by atoms with Crippen molar-refractivity contribution < 1.29 is 19.4 Å². The van der Waals surface area contributed by atoms with E-state index < -0.39 is 5.97 Å². The molecule has 1 aliphatic rings. The second-order valence-corrected chi connectivity index (χ2v) is 9.35. The third-order valence-electron chi connectivity index (χ3n) is 4.73. The van der Waals surface area contributed by atoms with Crippen molar-refractivity contribution in [3.8, 4) is 11.4 Å². The average Bonchev–Trinajstić information content (AvgIpc) is 3.03. The van der Waals surface area contributed by atoms with Gasteiger partial charge >= 0.3 is 5.97 Å². The Balaban J connectivity index is 1.95. The van der Waals surface area contributed by atoms with E-state index in [1.54, 1.807) is 31.4 Å². The van der Waals surface area contributed by atoms with E-state index in [2.05, 4.69) is 4.98 Å². The highest BCUT2D eigenvalue weighted by atomic mass is 32.2. The van der Waals surface area contributed by atoms with Gasteiger partial charge in [0.1, 0.15) is 10.6 Å². The number of aromatic nitrogens is 2. The zero-order valence-corrected chi connectivity index (χ0v) is 17.9. The quantitative estimate of drug-likeness (QED) is 0.487. The van der Waals surface area contributed by atoms with E-state index in [9.17, 15) is 9.59 Å². The van der Waals surface area contributed by atoms with Gasteiger partial charge in [-0.2, -0.15) is 0 Å². The Morgan fingerprint density at radius 1 is 1.38 bits per heavy atom. The minimum Gasteiger partial charge on any atom is -0.497 e. The molecule has 0 unspecified atom stereocenters. The van der Waals surface area contributed by atoms with Crippen molar-refractivity contribution in [2.45, 2.75) is 37.6 Å². The van der Waals surface area contributed by atoms with Gasteiger partial charge in [-0.15, -0.1) is 11.3 Å². The van der Waals surface area contributed by atoms with E-state index in [-0.39, 0.29) is 16.9 Å². The van der Waals surface area contributed by atoms with Gasteiger partial charge in [0, 0.05) is 11.3 Å². The van der Waals surface area contributed by atoms with Crippen LogP contribution in [-0.2, 0) is 22.6 Å². The molecule has 3 aromatic rings. The fourth-order valence-electron chi connectivity index (χ4n) is 3.36. The van der Waals surface area contributed by atoms with Gasteiger partial charge in [0.2, 0.25) is 0 Å². The molecule has 0 atom stereocenters. The maximum atomic E-state index is 13.6. The zero-order valence-electron chi connectivity index (χ0n) is 16.2. The summed E-state index contributed by atoms with van der Waals surface area (Å²) in [5.41, 5.74) is 1.05. The lowest BCUT2D eigenvalue weighted by atomic mass is 9.94. The van der Waals surface area contributed by atoms with Crippen molar-refractivity contribution in [1.82, 2.24) is 9.55 Å². The molecule has 3 heterocycles. The molecule has 7 nitrogen and oxygen atoms in total. The molecule has 0 aliphatic carbocycles. The predicted molar refractivity (Wildman–Crippen MR) is 113 cm³/mol. The monoisotopic (exact) mass is 432 g/mol. The van der Waals surface area contributed by atoms with E-state index in [1.165, 1.54) is 15.9 Å². The Kier molecular flexibility index (Phi) is 5.14. The summed E-state index contributed by atoms with van der Waals surface area (Å²) in [6.07, 6.45) is 0.628. The van der Waals surface area contributed by atoms with Crippen LogP contribution in [0, 0.1) is 0 Å². The van der Waals surface area contributed by atoms with Gasteiger partial charge in [-0.25, -0.2) is 4.98 Å². The summed E-state index contributed by atoms with van der Waals surface area (Å²) in [6.45, 7) is 4.46. The zero-order chi connectivity index (χ0) is 20.8. The average molecular weight is 433 g/mol. The number of hydrogen-bond acceptors (Lipinski definition) is 7. The van der Waals surface area contributed by atoms with E-state index >= 15 is 0 Å². The molecule has 0 radical (unpaired) electrons. The highest BCUT2D eigenvalue weighted by Gasteiger charge is 2.31. The van der Waals surface area contributed by atoms with Crippen LogP contribution in [-0.4, -0.2) is 39.1 Å². The number of benzene rings is 1. The molecule has 1 aliphatic heterocycles. The molecule has 9 heteroatoms. The van der Waals surface area contributed by atoms with Gasteiger partial charge in [0.15, 0.2) is 5.16 Å². The molecule has 29 heavy (non-hydrogen) atoms. The van der Waals surface area contributed by atoms with Gasteiger partial charge in [-0.3, -0.25) is 14.2 Å². The lowest BCUT2D eigenvalue weighted by Gasteiger charge is -2.29. The summed E-state index contributed by atoms with van der Waals surface area (Å²) < 4.78 is 12.6. The van der Waals surface area contributed by atoms with Gasteiger partial charge in [-0.1, -0.05) is 11.8 Å². The van der Waals surface area contributed by atoms with Crippen molar-refractivity contribution in [2.75, 3.05) is 12.9 Å². The molecule has 0 saturated carbocycles. The standard InChI is InChI=1S/C20H20N2O5S2/c1-20(2)8-13-14(9-27-20)29-17-16(13)18(25)22(19(21-17)28-10-15(23)24)11-4-6-12(26-3)7-5-11/h4-7H,8-10H2,1-3H3,(H,23,24). The van der Waals surface area contributed by atoms with E-state index in [4.69, 9.17) is 14.6 Å². The largest absolute Gasteiger partial charge is 0.497 e. The van der Waals surface area contributed by atoms with Gasteiger partial charge in [0.25, 0.3) is 5.56 Å². The smallest absolute Gasteiger partial charge is 0.313 e. The van der Waals surface area contributed by atoms with E-state index in [1.807, 2.05) is 13.8 Å². The first-order chi connectivity index (χ1) is 13.8. The topological polar surface area (TPSA) is 90.6 Å². The molecular formula is C20H20N2O5S2. The van der Waals surface area contributed by atoms with Crippen molar-refractivity contribution in [2.24, 2.45) is 0 Å². The first kappa shape index (κ1) is 19.9. The number of thioether (sulfide) groups is 1. The Labute approximate surface area is 175 Å². The Morgan fingerprint density at radius 2 is 2.10 bits per heavy atom. The Hall–Kier alpha value is -2.36. The van der Waals surface area contributed by atoms with Gasteiger partial charge in [0.05, 0.1) is 36.1 Å². The maximum absolute atomic E-state index is 13.6. The third-order valence-corrected chi connectivity index (χ3v) is 6.75. The Morgan fingerprint density at radius 3 is 2.76 bits per heavy atom. The first-order valence-electron chi connectivity index (χ1n) is 8.99. The molecule has 0 saturated heterocycles. The predicted octanol–water partition coefficient (Wildman–Crippen LogP) is 3.48.